The first-order valence-electron chi connectivity index (χ1n) is 9.65. The molecule has 0 radical (unpaired) electrons. The Hall–Kier alpha value is -2.94. The molecule has 0 aliphatic heterocycles. The first kappa shape index (κ1) is 21.3. The van der Waals surface area contributed by atoms with Crippen LogP contribution in [0.5, 0.6) is 5.75 Å². The van der Waals surface area contributed by atoms with Crippen molar-refractivity contribution in [3.8, 4) is 5.75 Å². The molecule has 1 heterocycles. The van der Waals surface area contributed by atoms with Crippen LogP contribution in [0.3, 0.4) is 0 Å². The lowest BCUT2D eigenvalue weighted by Gasteiger charge is -2.19. The highest BCUT2D eigenvalue weighted by Crippen LogP contribution is 2.26. The van der Waals surface area contributed by atoms with Crippen molar-refractivity contribution < 1.29 is 13.2 Å². The van der Waals surface area contributed by atoms with Crippen molar-refractivity contribution in [1.82, 2.24) is 8.87 Å². The van der Waals surface area contributed by atoms with Gasteiger partial charge in [-0.25, -0.2) is 8.42 Å². The van der Waals surface area contributed by atoms with Crippen LogP contribution in [0.4, 0.5) is 0 Å². The Morgan fingerprint density at radius 1 is 1.00 bits per heavy atom. The number of para-hydroxylation sites is 1. The van der Waals surface area contributed by atoms with Crippen molar-refractivity contribution in [2.75, 3.05) is 14.2 Å². The predicted molar refractivity (Wildman–Crippen MR) is 123 cm³/mol. The van der Waals surface area contributed by atoms with Gasteiger partial charge in [0, 0.05) is 19.2 Å². The van der Waals surface area contributed by atoms with Gasteiger partial charge in [-0.3, -0.25) is 9.36 Å². The summed E-state index contributed by atoms with van der Waals surface area (Å²) in [4.78, 5) is 12.6. The Bertz CT molecular complexity index is 1380. The van der Waals surface area contributed by atoms with E-state index in [4.69, 9.17) is 4.74 Å². The summed E-state index contributed by atoms with van der Waals surface area (Å²) in [7, 11) is -0.647. The molecule has 4 aromatic rings. The average molecular weight is 455 g/mol. The van der Waals surface area contributed by atoms with E-state index in [9.17, 15) is 13.2 Å². The van der Waals surface area contributed by atoms with Crippen LogP contribution in [0.15, 0.2) is 82.5 Å². The summed E-state index contributed by atoms with van der Waals surface area (Å²) >= 11 is 1.05. The van der Waals surface area contributed by atoms with E-state index in [1.807, 2.05) is 48.5 Å². The minimum Gasteiger partial charge on any atom is -0.496 e. The van der Waals surface area contributed by atoms with Gasteiger partial charge in [-0.05, 0) is 29.8 Å². The zero-order valence-electron chi connectivity index (χ0n) is 17.2. The standard InChI is InChI=1S/C23H22N2O4S2/c1-24(16-18-10-6-7-11-21(18)29-2)31(27,28)19-12-13-20-22(14-19)30-23(26)25(20)15-17-8-4-3-5-9-17/h3-14H,15-16H2,1-2H3. The van der Waals surface area contributed by atoms with E-state index in [1.165, 1.54) is 11.4 Å². The van der Waals surface area contributed by atoms with Crippen LogP contribution >= 0.6 is 11.3 Å². The fraction of sp³-hybridized carbons (Fsp3) is 0.174. The van der Waals surface area contributed by atoms with Gasteiger partial charge in [0.25, 0.3) is 0 Å². The topological polar surface area (TPSA) is 68.6 Å². The molecule has 0 N–H and O–H groups in total. The molecule has 0 aliphatic carbocycles. The van der Waals surface area contributed by atoms with E-state index in [-0.39, 0.29) is 16.3 Å². The number of nitrogens with zero attached hydrogens (tertiary/aromatic N) is 2. The maximum absolute atomic E-state index is 13.2. The summed E-state index contributed by atoms with van der Waals surface area (Å²) in [5, 5.41) is 0. The minimum atomic E-state index is -3.74. The zero-order valence-corrected chi connectivity index (χ0v) is 18.8. The fourth-order valence-corrected chi connectivity index (χ4v) is 5.64. The lowest BCUT2D eigenvalue weighted by molar-refractivity contribution is 0.398. The average Bonchev–Trinajstić information content (AvgIpc) is 3.09. The first-order valence-corrected chi connectivity index (χ1v) is 11.9. The van der Waals surface area contributed by atoms with Crippen LogP contribution in [0.1, 0.15) is 11.1 Å². The Kier molecular flexibility index (Phi) is 5.95. The smallest absolute Gasteiger partial charge is 0.308 e. The number of ether oxygens (including phenoxy) is 1. The van der Waals surface area contributed by atoms with E-state index >= 15 is 0 Å². The van der Waals surface area contributed by atoms with Crippen molar-refractivity contribution in [3.05, 3.63) is 93.6 Å². The molecule has 31 heavy (non-hydrogen) atoms. The molecule has 0 saturated carbocycles. The lowest BCUT2D eigenvalue weighted by Crippen LogP contribution is -2.26. The van der Waals surface area contributed by atoms with Crippen molar-refractivity contribution in [3.63, 3.8) is 0 Å². The molecular formula is C23H22N2O4S2. The minimum absolute atomic E-state index is 0.115. The van der Waals surface area contributed by atoms with Crippen molar-refractivity contribution in [1.29, 1.82) is 0 Å². The normalized spacial score (nSPS) is 11.8. The third-order valence-corrected chi connectivity index (χ3v) is 7.86. The van der Waals surface area contributed by atoms with Crippen LogP contribution in [-0.2, 0) is 23.1 Å². The van der Waals surface area contributed by atoms with Gasteiger partial charge < -0.3 is 4.74 Å². The number of sulfonamides is 1. The number of hydrogen-bond donors (Lipinski definition) is 0. The molecule has 0 spiro atoms. The Morgan fingerprint density at radius 3 is 2.45 bits per heavy atom. The van der Waals surface area contributed by atoms with Crippen LogP contribution in [0, 0.1) is 0 Å². The third-order valence-electron chi connectivity index (χ3n) is 5.12. The molecule has 0 saturated heterocycles. The molecule has 0 fully saturated rings. The molecule has 4 rings (SSSR count). The second kappa shape index (κ2) is 8.66. The molecule has 160 valence electrons. The van der Waals surface area contributed by atoms with Crippen LogP contribution in [0.25, 0.3) is 10.2 Å². The van der Waals surface area contributed by atoms with Gasteiger partial charge >= 0.3 is 4.87 Å². The third kappa shape index (κ3) is 4.27. The number of aromatic nitrogens is 1. The summed E-state index contributed by atoms with van der Waals surface area (Å²) in [6.07, 6.45) is 0. The van der Waals surface area contributed by atoms with Gasteiger partial charge in [-0.15, -0.1) is 0 Å². The summed E-state index contributed by atoms with van der Waals surface area (Å²) in [5.74, 6) is 0.635. The summed E-state index contributed by atoms with van der Waals surface area (Å²) < 4.78 is 35.3. The molecule has 6 nitrogen and oxygen atoms in total. The maximum Gasteiger partial charge on any atom is 0.308 e. The first-order chi connectivity index (χ1) is 14.9. The van der Waals surface area contributed by atoms with Crippen LogP contribution in [-0.4, -0.2) is 31.4 Å². The summed E-state index contributed by atoms with van der Waals surface area (Å²) in [5.41, 5.74) is 2.51. The highest BCUT2D eigenvalue weighted by Gasteiger charge is 2.23. The quantitative estimate of drug-likeness (QED) is 0.424. The van der Waals surface area contributed by atoms with E-state index in [1.54, 1.807) is 35.9 Å². The molecule has 0 amide bonds. The van der Waals surface area contributed by atoms with Crippen molar-refractivity contribution >= 4 is 31.6 Å². The van der Waals surface area contributed by atoms with E-state index < -0.39 is 10.0 Å². The SMILES string of the molecule is COc1ccccc1CN(C)S(=O)(=O)c1ccc2c(c1)sc(=O)n2Cc1ccccc1. The maximum atomic E-state index is 13.2. The molecule has 1 aromatic heterocycles. The zero-order chi connectivity index (χ0) is 22.0. The molecule has 0 unspecified atom stereocenters. The molecule has 3 aromatic carbocycles. The van der Waals surface area contributed by atoms with Crippen LogP contribution in [0.2, 0.25) is 0 Å². The number of hydrogen-bond acceptors (Lipinski definition) is 5. The summed E-state index contributed by atoms with van der Waals surface area (Å²) in [6.45, 7) is 0.620. The number of thiazole rings is 1. The second-order valence-corrected chi connectivity index (χ2v) is 10.2. The number of benzene rings is 3. The molecule has 0 aliphatic rings. The molecule has 0 bridgehead atoms. The van der Waals surface area contributed by atoms with Gasteiger partial charge in [-0.1, -0.05) is 59.9 Å². The molecule has 0 atom stereocenters. The lowest BCUT2D eigenvalue weighted by atomic mass is 10.2. The van der Waals surface area contributed by atoms with E-state index in [0.717, 1.165) is 28.0 Å². The van der Waals surface area contributed by atoms with Crippen molar-refractivity contribution in [2.24, 2.45) is 0 Å². The molecule has 8 heteroatoms. The van der Waals surface area contributed by atoms with Gasteiger partial charge in [0.2, 0.25) is 10.0 Å². The van der Waals surface area contributed by atoms with E-state index in [2.05, 4.69) is 0 Å². The Morgan fingerprint density at radius 2 is 1.71 bits per heavy atom. The summed E-state index contributed by atoms with van der Waals surface area (Å²) in [6, 6.07) is 21.9. The number of methoxy groups -OCH3 is 1. The highest BCUT2D eigenvalue weighted by atomic mass is 32.2. The Balaban J connectivity index is 1.65. The highest BCUT2D eigenvalue weighted by molar-refractivity contribution is 7.89. The van der Waals surface area contributed by atoms with Gasteiger partial charge in [0.15, 0.2) is 0 Å². The number of fused-ring (bicyclic) bond motifs is 1. The van der Waals surface area contributed by atoms with E-state index in [0.29, 0.717) is 17.0 Å². The second-order valence-electron chi connectivity index (χ2n) is 7.14. The molecular weight excluding hydrogens is 432 g/mol. The number of rotatable bonds is 7. The largest absolute Gasteiger partial charge is 0.496 e. The fourth-order valence-electron chi connectivity index (χ4n) is 3.46. The van der Waals surface area contributed by atoms with Gasteiger partial charge in [-0.2, -0.15) is 4.31 Å². The van der Waals surface area contributed by atoms with Gasteiger partial charge in [0.1, 0.15) is 5.75 Å². The Labute approximate surface area is 185 Å². The monoisotopic (exact) mass is 454 g/mol. The van der Waals surface area contributed by atoms with Gasteiger partial charge in [0.05, 0.1) is 28.8 Å². The van der Waals surface area contributed by atoms with Crippen molar-refractivity contribution in [2.45, 2.75) is 18.0 Å². The predicted octanol–water partition coefficient (Wildman–Crippen LogP) is 3.94. The van der Waals surface area contributed by atoms with Crippen LogP contribution < -0.4 is 9.61 Å².